The van der Waals surface area contributed by atoms with Gasteiger partial charge in [0.25, 0.3) is 5.91 Å². The summed E-state index contributed by atoms with van der Waals surface area (Å²) in [5, 5.41) is 10.8. The van der Waals surface area contributed by atoms with E-state index in [1.54, 1.807) is 16.9 Å². The smallest absolute Gasteiger partial charge is 0.271 e. The second-order valence-corrected chi connectivity index (χ2v) is 8.46. The zero-order valence-electron chi connectivity index (χ0n) is 17.3. The number of rotatable bonds is 6. The first-order valence-corrected chi connectivity index (χ1v) is 11.3. The summed E-state index contributed by atoms with van der Waals surface area (Å²) in [5.74, 6) is -0.0992. The number of amides is 2. The third-order valence-corrected chi connectivity index (χ3v) is 6.24. The van der Waals surface area contributed by atoms with Crippen molar-refractivity contribution in [3.63, 3.8) is 0 Å². The van der Waals surface area contributed by atoms with Crippen LogP contribution in [-0.4, -0.2) is 33.7 Å². The first kappa shape index (κ1) is 20.9. The Labute approximate surface area is 168 Å². The van der Waals surface area contributed by atoms with Crippen LogP contribution in [0, 0.1) is 0 Å². The van der Waals surface area contributed by atoms with Gasteiger partial charge in [-0.15, -0.1) is 0 Å². The van der Waals surface area contributed by atoms with Crippen molar-refractivity contribution < 1.29 is 9.59 Å². The van der Waals surface area contributed by atoms with Crippen molar-refractivity contribution in [1.82, 2.24) is 20.4 Å². The molecule has 0 aromatic carbocycles. The highest BCUT2D eigenvalue weighted by molar-refractivity contribution is 5.92. The average Bonchev–Trinajstić information content (AvgIpc) is 2.86. The molecule has 2 saturated carbocycles. The van der Waals surface area contributed by atoms with Crippen LogP contribution in [-0.2, 0) is 4.79 Å². The van der Waals surface area contributed by atoms with Gasteiger partial charge in [0.1, 0.15) is 11.7 Å². The summed E-state index contributed by atoms with van der Waals surface area (Å²) in [7, 11) is 0. The summed E-state index contributed by atoms with van der Waals surface area (Å²) in [6.07, 6.45) is 16.4. The molecule has 6 heteroatoms. The molecule has 2 N–H and O–H groups in total. The van der Waals surface area contributed by atoms with Crippen LogP contribution in [0.5, 0.6) is 0 Å². The lowest BCUT2D eigenvalue weighted by Crippen LogP contribution is -2.39. The summed E-state index contributed by atoms with van der Waals surface area (Å²) in [4.78, 5) is 25.4. The molecule has 3 rings (SSSR count). The summed E-state index contributed by atoms with van der Waals surface area (Å²) >= 11 is 0. The van der Waals surface area contributed by atoms with Crippen LogP contribution in [0.25, 0.3) is 0 Å². The molecule has 2 aliphatic rings. The largest absolute Gasteiger partial charge is 0.352 e. The van der Waals surface area contributed by atoms with E-state index >= 15 is 0 Å². The minimum absolute atomic E-state index is 0.0215. The number of nitrogens with one attached hydrogen (secondary N) is 2. The Kier molecular flexibility index (Phi) is 7.92. The molecular weight excluding hydrogens is 352 g/mol. The third kappa shape index (κ3) is 5.82. The number of hydrogen-bond acceptors (Lipinski definition) is 3. The van der Waals surface area contributed by atoms with Crippen LogP contribution >= 0.6 is 0 Å². The number of carbonyl (C=O) groups excluding carboxylic acids is 2. The van der Waals surface area contributed by atoms with Crippen molar-refractivity contribution >= 4 is 11.8 Å². The van der Waals surface area contributed by atoms with Gasteiger partial charge in [-0.05, 0) is 38.2 Å². The lowest BCUT2D eigenvalue weighted by Gasteiger charge is -2.21. The van der Waals surface area contributed by atoms with E-state index in [4.69, 9.17) is 0 Å². The van der Waals surface area contributed by atoms with E-state index in [0.29, 0.717) is 12.1 Å². The zero-order chi connectivity index (χ0) is 19.8. The van der Waals surface area contributed by atoms with E-state index in [0.717, 1.165) is 25.7 Å². The van der Waals surface area contributed by atoms with E-state index in [9.17, 15) is 9.59 Å². The summed E-state index contributed by atoms with van der Waals surface area (Å²) < 4.78 is 1.66. The molecule has 0 bridgehead atoms. The predicted octanol–water partition coefficient (Wildman–Crippen LogP) is 4.13. The van der Waals surface area contributed by atoms with Gasteiger partial charge >= 0.3 is 0 Å². The molecule has 1 atom stereocenters. The van der Waals surface area contributed by atoms with Crippen molar-refractivity contribution in [2.45, 2.75) is 109 Å². The maximum Gasteiger partial charge on any atom is 0.271 e. The predicted molar refractivity (Wildman–Crippen MR) is 110 cm³/mol. The fourth-order valence-corrected chi connectivity index (χ4v) is 4.53. The molecular formula is C22H36N4O2. The average molecular weight is 389 g/mol. The lowest BCUT2D eigenvalue weighted by molar-refractivity contribution is -0.125. The Hall–Kier alpha value is -1.85. The topological polar surface area (TPSA) is 76.0 Å². The number of hydrogen-bond donors (Lipinski definition) is 2. The fraction of sp³-hybridized carbons (Fsp3) is 0.773. The minimum atomic E-state index is -0.359. The Balaban J connectivity index is 1.58. The molecule has 156 valence electrons. The molecule has 0 unspecified atom stereocenters. The van der Waals surface area contributed by atoms with Gasteiger partial charge < -0.3 is 10.6 Å². The quantitative estimate of drug-likeness (QED) is 0.720. The molecule has 2 amide bonds. The van der Waals surface area contributed by atoms with Gasteiger partial charge in [0.05, 0.1) is 0 Å². The monoisotopic (exact) mass is 388 g/mol. The second kappa shape index (κ2) is 10.6. The Morgan fingerprint density at radius 2 is 1.50 bits per heavy atom. The van der Waals surface area contributed by atoms with Crippen LogP contribution in [0.2, 0.25) is 0 Å². The van der Waals surface area contributed by atoms with Crippen molar-refractivity contribution in [3.8, 4) is 0 Å². The summed E-state index contributed by atoms with van der Waals surface area (Å²) in [5.41, 5.74) is 0.407. The molecule has 1 aromatic rings. The first-order valence-electron chi connectivity index (χ1n) is 11.3. The van der Waals surface area contributed by atoms with Gasteiger partial charge in [0.2, 0.25) is 5.91 Å². The van der Waals surface area contributed by atoms with Crippen molar-refractivity contribution in [1.29, 1.82) is 0 Å². The van der Waals surface area contributed by atoms with Crippen LogP contribution < -0.4 is 10.6 Å². The molecule has 0 aliphatic heterocycles. The minimum Gasteiger partial charge on any atom is -0.352 e. The van der Waals surface area contributed by atoms with Gasteiger partial charge in [-0.25, -0.2) is 0 Å². The second-order valence-electron chi connectivity index (χ2n) is 8.46. The first-order chi connectivity index (χ1) is 13.7. The van der Waals surface area contributed by atoms with Gasteiger partial charge in [0.15, 0.2) is 0 Å². The van der Waals surface area contributed by atoms with Gasteiger partial charge in [0, 0.05) is 18.3 Å². The summed E-state index contributed by atoms with van der Waals surface area (Å²) in [6.45, 7) is 1.99. The standard InChI is InChI=1S/C22H36N4O2/c1-2-20(22(28)24-18-13-9-5-6-10-14-18)26-16-15-19(25-26)21(27)23-17-11-7-3-4-8-12-17/h15-18,20H,2-14H2,1H3,(H,23,27)(H,24,28)/t20-/m0/s1. The van der Waals surface area contributed by atoms with E-state index in [-0.39, 0.29) is 29.9 Å². The SMILES string of the molecule is CC[C@@H](C(=O)NC1CCCCCC1)n1ccc(C(=O)NC2CCCCCC2)n1. The van der Waals surface area contributed by atoms with E-state index in [1.165, 1.54) is 51.4 Å². The summed E-state index contributed by atoms with van der Waals surface area (Å²) in [6, 6.07) is 1.90. The molecule has 0 radical (unpaired) electrons. The number of nitrogens with zero attached hydrogens (tertiary/aromatic N) is 2. The number of aromatic nitrogens is 2. The Morgan fingerprint density at radius 3 is 2.04 bits per heavy atom. The normalized spacial score (nSPS) is 20.8. The van der Waals surface area contributed by atoms with Crippen molar-refractivity contribution in [2.24, 2.45) is 0 Å². The van der Waals surface area contributed by atoms with Gasteiger partial charge in [-0.1, -0.05) is 58.3 Å². The number of carbonyl (C=O) groups is 2. The molecule has 1 heterocycles. The maximum absolute atomic E-state index is 12.8. The molecule has 0 spiro atoms. The molecule has 2 aliphatic carbocycles. The highest BCUT2D eigenvalue weighted by Crippen LogP contribution is 2.20. The highest BCUT2D eigenvalue weighted by Gasteiger charge is 2.24. The lowest BCUT2D eigenvalue weighted by atomic mass is 10.1. The molecule has 2 fully saturated rings. The van der Waals surface area contributed by atoms with E-state index < -0.39 is 0 Å². The van der Waals surface area contributed by atoms with Gasteiger partial charge in [-0.3, -0.25) is 14.3 Å². The molecule has 28 heavy (non-hydrogen) atoms. The van der Waals surface area contributed by atoms with E-state index in [1.807, 2.05) is 6.92 Å². The van der Waals surface area contributed by atoms with Crippen LogP contribution in [0.3, 0.4) is 0 Å². The molecule has 0 saturated heterocycles. The Morgan fingerprint density at radius 1 is 0.964 bits per heavy atom. The fourth-order valence-electron chi connectivity index (χ4n) is 4.53. The van der Waals surface area contributed by atoms with Crippen LogP contribution in [0.4, 0.5) is 0 Å². The van der Waals surface area contributed by atoms with Crippen LogP contribution in [0.15, 0.2) is 12.3 Å². The van der Waals surface area contributed by atoms with Crippen molar-refractivity contribution in [3.05, 3.63) is 18.0 Å². The third-order valence-electron chi connectivity index (χ3n) is 6.24. The van der Waals surface area contributed by atoms with E-state index in [2.05, 4.69) is 15.7 Å². The zero-order valence-corrected chi connectivity index (χ0v) is 17.3. The van der Waals surface area contributed by atoms with Crippen LogP contribution in [0.1, 0.15) is 107 Å². The molecule has 6 nitrogen and oxygen atoms in total. The maximum atomic E-state index is 12.8. The highest BCUT2D eigenvalue weighted by atomic mass is 16.2. The molecule has 1 aromatic heterocycles. The van der Waals surface area contributed by atoms with Crippen molar-refractivity contribution in [2.75, 3.05) is 0 Å². The van der Waals surface area contributed by atoms with Gasteiger partial charge in [-0.2, -0.15) is 5.10 Å². The Bertz CT molecular complexity index is 626.